The van der Waals surface area contributed by atoms with E-state index in [0.29, 0.717) is 5.54 Å². The van der Waals surface area contributed by atoms with E-state index in [2.05, 4.69) is 18.7 Å². The van der Waals surface area contributed by atoms with Gasteiger partial charge in [-0.25, -0.2) is 0 Å². The van der Waals surface area contributed by atoms with Gasteiger partial charge in [0.15, 0.2) is 0 Å². The van der Waals surface area contributed by atoms with Gasteiger partial charge in [0.05, 0.1) is 0 Å². The number of nitrogens with two attached hydrogens (primary N) is 1. The van der Waals surface area contributed by atoms with Gasteiger partial charge >= 0.3 is 0 Å². The number of hydrogen-bond acceptors (Lipinski definition) is 2. The molecule has 106 valence electrons. The van der Waals surface area contributed by atoms with Crippen LogP contribution in [0, 0.1) is 11.8 Å². The summed E-state index contributed by atoms with van der Waals surface area (Å²) in [6, 6.07) is 0. The average Bonchev–Trinajstić information content (AvgIpc) is 2.61. The summed E-state index contributed by atoms with van der Waals surface area (Å²) in [6.07, 6.45) is 11.0. The first kappa shape index (κ1) is 14.3. The summed E-state index contributed by atoms with van der Waals surface area (Å²) in [5.41, 5.74) is 6.58. The third-order valence-electron chi connectivity index (χ3n) is 5.59. The molecule has 1 saturated heterocycles. The molecule has 1 aliphatic heterocycles. The van der Waals surface area contributed by atoms with Crippen LogP contribution in [0.1, 0.15) is 65.2 Å². The van der Waals surface area contributed by atoms with Crippen molar-refractivity contribution < 1.29 is 0 Å². The van der Waals surface area contributed by atoms with E-state index in [4.69, 9.17) is 5.73 Å². The Hall–Kier alpha value is -0.0800. The van der Waals surface area contributed by atoms with Gasteiger partial charge in [-0.15, -0.1) is 0 Å². The molecular weight excluding hydrogens is 220 g/mol. The first-order valence-electron chi connectivity index (χ1n) is 8.15. The largest absolute Gasteiger partial charge is 0.329 e. The van der Waals surface area contributed by atoms with E-state index >= 15 is 0 Å². The molecule has 0 amide bonds. The lowest BCUT2D eigenvalue weighted by atomic mass is 9.84. The molecule has 18 heavy (non-hydrogen) atoms. The second-order valence-electron chi connectivity index (χ2n) is 6.83. The van der Waals surface area contributed by atoms with E-state index in [0.717, 1.165) is 18.4 Å². The summed E-state index contributed by atoms with van der Waals surface area (Å²) in [5, 5.41) is 0. The molecule has 1 heterocycles. The molecule has 0 spiro atoms. The topological polar surface area (TPSA) is 29.3 Å². The maximum Gasteiger partial charge on any atom is 0.0331 e. The van der Waals surface area contributed by atoms with Gasteiger partial charge < -0.3 is 5.73 Å². The van der Waals surface area contributed by atoms with Crippen molar-refractivity contribution in [3.8, 4) is 0 Å². The van der Waals surface area contributed by atoms with Crippen LogP contribution in [0.3, 0.4) is 0 Å². The van der Waals surface area contributed by atoms with Gasteiger partial charge in [-0.2, -0.15) is 0 Å². The van der Waals surface area contributed by atoms with Crippen molar-refractivity contribution in [2.24, 2.45) is 17.6 Å². The number of piperidine rings is 1. The van der Waals surface area contributed by atoms with Crippen LogP contribution < -0.4 is 5.73 Å². The number of hydrogen-bond donors (Lipinski definition) is 1. The van der Waals surface area contributed by atoms with Crippen molar-refractivity contribution in [2.45, 2.75) is 70.8 Å². The van der Waals surface area contributed by atoms with E-state index in [1.165, 1.54) is 64.5 Å². The smallest absolute Gasteiger partial charge is 0.0331 e. The molecule has 2 aliphatic rings. The summed E-state index contributed by atoms with van der Waals surface area (Å²) in [5.74, 6) is 1.83. The molecule has 0 aromatic heterocycles. The van der Waals surface area contributed by atoms with Crippen LogP contribution in [-0.2, 0) is 0 Å². The second kappa shape index (κ2) is 6.38. The van der Waals surface area contributed by atoms with Crippen LogP contribution in [0.5, 0.6) is 0 Å². The Morgan fingerprint density at radius 1 is 1.17 bits per heavy atom. The summed E-state index contributed by atoms with van der Waals surface area (Å²) >= 11 is 0. The van der Waals surface area contributed by atoms with Gasteiger partial charge in [0.2, 0.25) is 0 Å². The first-order valence-corrected chi connectivity index (χ1v) is 8.15. The summed E-state index contributed by atoms with van der Waals surface area (Å²) in [6.45, 7) is 8.23. The molecule has 0 radical (unpaired) electrons. The minimum atomic E-state index is 0.346. The minimum Gasteiger partial charge on any atom is -0.329 e. The van der Waals surface area contributed by atoms with Gasteiger partial charge in [-0.1, -0.05) is 33.1 Å². The van der Waals surface area contributed by atoms with Crippen LogP contribution >= 0.6 is 0 Å². The highest BCUT2D eigenvalue weighted by atomic mass is 15.2. The van der Waals surface area contributed by atoms with Crippen molar-refractivity contribution >= 4 is 0 Å². The lowest BCUT2D eigenvalue weighted by Crippen LogP contribution is -2.56. The van der Waals surface area contributed by atoms with Gasteiger partial charge in [-0.3, -0.25) is 4.90 Å². The second-order valence-corrected chi connectivity index (χ2v) is 6.83. The Morgan fingerprint density at radius 2 is 2.00 bits per heavy atom. The molecule has 0 aromatic rings. The molecule has 0 bridgehead atoms. The molecule has 2 fully saturated rings. The Balaban J connectivity index is 2.05. The fourth-order valence-corrected chi connectivity index (χ4v) is 4.04. The van der Waals surface area contributed by atoms with E-state index in [9.17, 15) is 0 Å². The SMILES string of the molecule is CCC1CCCN(C2(CN)CCCC(C)CC2)C1. The Labute approximate surface area is 113 Å². The predicted molar refractivity (Wildman–Crippen MR) is 78.6 cm³/mol. The monoisotopic (exact) mass is 252 g/mol. The number of nitrogens with zero attached hydrogens (tertiary/aromatic N) is 1. The van der Waals surface area contributed by atoms with Gasteiger partial charge in [0, 0.05) is 18.6 Å². The minimum absolute atomic E-state index is 0.346. The highest BCUT2D eigenvalue weighted by Crippen LogP contribution is 2.36. The maximum atomic E-state index is 6.23. The Bertz CT molecular complexity index is 253. The van der Waals surface area contributed by atoms with E-state index in [1.54, 1.807) is 0 Å². The quantitative estimate of drug-likeness (QED) is 0.780. The zero-order valence-electron chi connectivity index (χ0n) is 12.5. The zero-order chi connectivity index (χ0) is 13.0. The van der Waals surface area contributed by atoms with Crippen LogP contribution in [0.4, 0.5) is 0 Å². The van der Waals surface area contributed by atoms with Crippen LogP contribution in [-0.4, -0.2) is 30.1 Å². The zero-order valence-corrected chi connectivity index (χ0v) is 12.5. The van der Waals surface area contributed by atoms with Crippen molar-refractivity contribution in [3.05, 3.63) is 0 Å². The van der Waals surface area contributed by atoms with Crippen molar-refractivity contribution in [3.63, 3.8) is 0 Å². The van der Waals surface area contributed by atoms with E-state index in [-0.39, 0.29) is 0 Å². The highest BCUT2D eigenvalue weighted by Gasteiger charge is 2.38. The number of likely N-dealkylation sites (tertiary alicyclic amines) is 1. The molecule has 0 aromatic carbocycles. The third kappa shape index (κ3) is 3.08. The van der Waals surface area contributed by atoms with Crippen molar-refractivity contribution in [1.82, 2.24) is 4.90 Å². The molecular formula is C16H32N2. The highest BCUT2D eigenvalue weighted by molar-refractivity contribution is 4.95. The standard InChI is InChI=1S/C16H32N2/c1-3-15-7-5-11-18(12-15)16(13-17)9-4-6-14(2)8-10-16/h14-15H,3-13,17H2,1-2H3. The van der Waals surface area contributed by atoms with E-state index < -0.39 is 0 Å². The van der Waals surface area contributed by atoms with Gasteiger partial charge in [0.1, 0.15) is 0 Å². The van der Waals surface area contributed by atoms with Gasteiger partial charge in [-0.05, 0) is 50.5 Å². The normalized spacial score (nSPS) is 39.5. The lowest BCUT2D eigenvalue weighted by molar-refractivity contribution is 0.0343. The lowest BCUT2D eigenvalue weighted by Gasteiger charge is -2.47. The van der Waals surface area contributed by atoms with E-state index in [1.807, 2.05) is 0 Å². The maximum absolute atomic E-state index is 6.23. The Kier molecular flexibility index (Phi) is 5.08. The molecule has 2 N–H and O–H groups in total. The fourth-order valence-electron chi connectivity index (χ4n) is 4.04. The molecule has 2 heteroatoms. The Morgan fingerprint density at radius 3 is 2.72 bits per heavy atom. The van der Waals surface area contributed by atoms with Crippen LogP contribution in [0.2, 0.25) is 0 Å². The average molecular weight is 252 g/mol. The van der Waals surface area contributed by atoms with Gasteiger partial charge in [0.25, 0.3) is 0 Å². The first-order chi connectivity index (χ1) is 8.70. The molecule has 2 rings (SSSR count). The van der Waals surface area contributed by atoms with Crippen LogP contribution in [0.25, 0.3) is 0 Å². The summed E-state index contributed by atoms with van der Waals surface area (Å²) in [4.78, 5) is 2.78. The molecule has 1 saturated carbocycles. The van der Waals surface area contributed by atoms with Crippen molar-refractivity contribution in [2.75, 3.05) is 19.6 Å². The third-order valence-corrected chi connectivity index (χ3v) is 5.59. The predicted octanol–water partition coefficient (Wildman–Crippen LogP) is 3.41. The summed E-state index contributed by atoms with van der Waals surface area (Å²) in [7, 11) is 0. The molecule has 3 atom stereocenters. The number of rotatable bonds is 3. The molecule has 3 unspecified atom stereocenters. The van der Waals surface area contributed by atoms with Crippen molar-refractivity contribution in [1.29, 1.82) is 0 Å². The fraction of sp³-hybridized carbons (Fsp3) is 1.00. The molecule has 1 aliphatic carbocycles. The molecule has 2 nitrogen and oxygen atoms in total. The summed E-state index contributed by atoms with van der Waals surface area (Å²) < 4.78 is 0. The van der Waals surface area contributed by atoms with Crippen LogP contribution in [0.15, 0.2) is 0 Å².